The van der Waals surface area contributed by atoms with E-state index in [2.05, 4.69) is 10.3 Å². The van der Waals surface area contributed by atoms with Crippen molar-refractivity contribution in [3.63, 3.8) is 0 Å². The lowest BCUT2D eigenvalue weighted by Gasteiger charge is -2.16. The quantitative estimate of drug-likeness (QED) is 0.613. The van der Waals surface area contributed by atoms with Crippen molar-refractivity contribution in [2.45, 2.75) is 6.54 Å². The van der Waals surface area contributed by atoms with Crippen LogP contribution in [0.15, 0.2) is 60.8 Å². The van der Waals surface area contributed by atoms with E-state index in [-0.39, 0.29) is 5.91 Å². The first-order chi connectivity index (χ1) is 13.2. The minimum Gasteiger partial charge on any atom is -0.497 e. The maximum Gasteiger partial charge on any atom is 0.275 e. The van der Waals surface area contributed by atoms with Crippen LogP contribution >= 0.6 is 0 Å². The van der Waals surface area contributed by atoms with Crippen molar-refractivity contribution in [1.82, 2.24) is 19.9 Å². The minimum atomic E-state index is -0.187. The molecule has 0 fully saturated rings. The molecule has 0 saturated carbocycles. The number of likely N-dealkylation sites (N-methyl/N-ethyl adjacent to an activating group) is 1. The molecule has 0 unspecified atom stereocenters. The number of ether oxygens (including phenoxy) is 2. The van der Waals surface area contributed by atoms with Crippen LogP contribution in [0.3, 0.4) is 0 Å². The molecular weight excluding hydrogens is 344 g/mol. The number of hydrogen-bond acceptors (Lipinski definition) is 5. The first kappa shape index (κ1) is 18.4. The van der Waals surface area contributed by atoms with Crippen LogP contribution in [0.4, 0.5) is 0 Å². The van der Waals surface area contributed by atoms with Gasteiger partial charge in [-0.25, -0.2) is 4.68 Å². The summed E-state index contributed by atoms with van der Waals surface area (Å²) in [5.74, 6) is 1.31. The number of nitrogens with zero attached hydrogens (tertiary/aromatic N) is 4. The Morgan fingerprint density at radius 2 is 1.78 bits per heavy atom. The van der Waals surface area contributed by atoms with Crippen LogP contribution in [0.25, 0.3) is 0 Å². The number of carbonyl (C=O) groups excluding carboxylic acids is 1. The maximum atomic E-state index is 12.5. The molecule has 7 nitrogen and oxygen atoms in total. The van der Waals surface area contributed by atoms with Gasteiger partial charge in [0.05, 0.1) is 26.4 Å². The number of carbonyl (C=O) groups is 1. The highest BCUT2D eigenvalue weighted by Crippen LogP contribution is 2.16. The highest BCUT2D eigenvalue weighted by Gasteiger charge is 2.15. The molecule has 0 aliphatic rings. The van der Waals surface area contributed by atoms with Crippen molar-refractivity contribution in [2.24, 2.45) is 0 Å². The molecule has 0 bridgehead atoms. The summed E-state index contributed by atoms with van der Waals surface area (Å²) in [7, 11) is 3.34. The molecule has 7 heteroatoms. The van der Waals surface area contributed by atoms with E-state index in [4.69, 9.17) is 9.47 Å². The van der Waals surface area contributed by atoms with E-state index in [1.54, 1.807) is 29.9 Å². The standard InChI is InChI=1S/C20H22N4O3/c1-23(12-13-27-18-10-8-17(26-2)9-11-18)20(25)19-15-24(22-21-19)14-16-6-4-3-5-7-16/h3-11,15H,12-14H2,1-2H3. The average molecular weight is 366 g/mol. The molecule has 0 radical (unpaired) electrons. The molecule has 0 N–H and O–H groups in total. The zero-order valence-electron chi connectivity index (χ0n) is 15.4. The van der Waals surface area contributed by atoms with Gasteiger partial charge in [-0.2, -0.15) is 0 Å². The third-order valence-electron chi connectivity index (χ3n) is 4.05. The smallest absolute Gasteiger partial charge is 0.275 e. The molecular formula is C20H22N4O3. The summed E-state index contributed by atoms with van der Waals surface area (Å²) in [5.41, 5.74) is 1.42. The van der Waals surface area contributed by atoms with Crippen LogP contribution in [0.5, 0.6) is 11.5 Å². The molecule has 1 heterocycles. The molecule has 3 rings (SSSR count). The minimum absolute atomic E-state index is 0.187. The third kappa shape index (κ3) is 5.07. The third-order valence-corrected chi connectivity index (χ3v) is 4.05. The van der Waals surface area contributed by atoms with Crippen LogP contribution in [-0.4, -0.2) is 53.1 Å². The van der Waals surface area contributed by atoms with Crippen LogP contribution in [-0.2, 0) is 6.54 Å². The second kappa shape index (κ2) is 8.84. The lowest BCUT2D eigenvalue weighted by atomic mass is 10.2. The summed E-state index contributed by atoms with van der Waals surface area (Å²) < 4.78 is 12.4. The Kier molecular flexibility index (Phi) is 6.04. The lowest BCUT2D eigenvalue weighted by molar-refractivity contribution is 0.0768. The largest absolute Gasteiger partial charge is 0.497 e. The first-order valence-electron chi connectivity index (χ1n) is 8.62. The molecule has 3 aromatic rings. The van der Waals surface area contributed by atoms with Gasteiger partial charge in [-0.15, -0.1) is 5.10 Å². The molecule has 2 aromatic carbocycles. The van der Waals surface area contributed by atoms with Crippen LogP contribution in [0.1, 0.15) is 16.1 Å². The van der Waals surface area contributed by atoms with Gasteiger partial charge in [-0.1, -0.05) is 35.5 Å². The van der Waals surface area contributed by atoms with Gasteiger partial charge >= 0.3 is 0 Å². The Balaban J connectivity index is 1.49. The van der Waals surface area contributed by atoms with E-state index in [1.165, 1.54) is 0 Å². The van der Waals surface area contributed by atoms with Crippen molar-refractivity contribution in [2.75, 3.05) is 27.3 Å². The summed E-state index contributed by atoms with van der Waals surface area (Å²) in [6.45, 7) is 1.40. The molecule has 0 spiro atoms. The fraction of sp³-hybridized carbons (Fsp3) is 0.250. The number of aromatic nitrogens is 3. The van der Waals surface area contributed by atoms with Crippen LogP contribution in [0, 0.1) is 0 Å². The number of rotatable bonds is 8. The highest BCUT2D eigenvalue weighted by molar-refractivity contribution is 5.91. The second-order valence-corrected chi connectivity index (χ2v) is 6.04. The predicted molar refractivity (Wildman–Crippen MR) is 101 cm³/mol. The van der Waals surface area contributed by atoms with E-state index in [0.29, 0.717) is 25.4 Å². The molecule has 1 aromatic heterocycles. The van der Waals surface area contributed by atoms with Gasteiger partial charge in [0.25, 0.3) is 5.91 Å². The Bertz CT molecular complexity index is 862. The van der Waals surface area contributed by atoms with E-state index in [1.807, 2.05) is 54.6 Å². The molecule has 0 atom stereocenters. The van der Waals surface area contributed by atoms with Gasteiger partial charge in [-0.05, 0) is 29.8 Å². The molecule has 1 amide bonds. The van der Waals surface area contributed by atoms with Crippen molar-refractivity contribution in [3.8, 4) is 11.5 Å². The Hall–Kier alpha value is -3.35. The van der Waals surface area contributed by atoms with Gasteiger partial charge in [0.2, 0.25) is 0 Å². The molecule has 0 aliphatic heterocycles. The molecule has 0 aliphatic carbocycles. The van der Waals surface area contributed by atoms with Crippen molar-refractivity contribution in [3.05, 3.63) is 72.1 Å². The first-order valence-corrected chi connectivity index (χ1v) is 8.62. The zero-order valence-corrected chi connectivity index (χ0v) is 15.4. The summed E-state index contributed by atoms with van der Waals surface area (Å²) in [5, 5.41) is 8.02. The predicted octanol–water partition coefficient (Wildman–Crippen LogP) is 2.49. The fourth-order valence-corrected chi connectivity index (χ4v) is 2.51. The highest BCUT2D eigenvalue weighted by atomic mass is 16.5. The normalized spacial score (nSPS) is 10.4. The van der Waals surface area contributed by atoms with E-state index >= 15 is 0 Å². The Morgan fingerprint density at radius 1 is 1.07 bits per heavy atom. The SMILES string of the molecule is COc1ccc(OCCN(C)C(=O)c2cn(Cc3ccccc3)nn2)cc1. The number of methoxy groups -OCH3 is 1. The zero-order chi connectivity index (χ0) is 19.1. The van der Waals surface area contributed by atoms with E-state index in [0.717, 1.165) is 17.1 Å². The van der Waals surface area contributed by atoms with Gasteiger partial charge < -0.3 is 14.4 Å². The average Bonchev–Trinajstić information content (AvgIpc) is 3.17. The molecule has 140 valence electrons. The van der Waals surface area contributed by atoms with Gasteiger partial charge in [0.1, 0.15) is 18.1 Å². The van der Waals surface area contributed by atoms with E-state index in [9.17, 15) is 4.79 Å². The lowest BCUT2D eigenvalue weighted by Crippen LogP contribution is -2.31. The summed E-state index contributed by atoms with van der Waals surface area (Å²) in [4.78, 5) is 14.0. The Morgan fingerprint density at radius 3 is 2.48 bits per heavy atom. The van der Waals surface area contributed by atoms with Gasteiger partial charge in [0, 0.05) is 7.05 Å². The monoisotopic (exact) mass is 366 g/mol. The summed E-state index contributed by atoms with van der Waals surface area (Å²) in [6.07, 6.45) is 1.66. The maximum absolute atomic E-state index is 12.5. The topological polar surface area (TPSA) is 69.5 Å². The van der Waals surface area contributed by atoms with Gasteiger partial charge in [0.15, 0.2) is 5.69 Å². The van der Waals surface area contributed by atoms with Crippen LogP contribution in [0.2, 0.25) is 0 Å². The number of amides is 1. The van der Waals surface area contributed by atoms with Crippen molar-refractivity contribution < 1.29 is 14.3 Å². The number of benzene rings is 2. The molecule has 0 saturated heterocycles. The van der Waals surface area contributed by atoms with Crippen molar-refractivity contribution in [1.29, 1.82) is 0 Å². The fourth-order valence-electron chi connectivity index (χ4n) is 2.51. The summed E-state index contributed by atoms with van der Waals surface area (Å²) >= 11 is 0. The Labute approximate surface area is 158 Å². The van der Waals surface area contributed by atoms with E-state index < -0.39 is 0 Å². The van der Waals surface area contributed by atoms with Crippen molar-refractivity contribution >= 4 is 5.91 Å². The van der Waals surface area contributed by atoms with Gasteiger partial charge in [-0.3, -0.25) is 4.79 Å². The number of hydrogen-bond donors (Lipinski definition) is 0. The second-order valence-electron chi connectivity index (χ2n) is 6.04. The van der Waals surface area contributed by atoms with Crippen LogP contribution < -0.4 is 9.47 Å². The summed E-state index contributed by atoms with van der Waals surface area (Å²) in [6, 6.07) is 17.2. The molecule has 27 heavy (non-hydrogen) atoms.